The van der Waals surface area contributed by atoms with E-state index < -0.39 is 60.3 Å². The van der Waals surface area contributed by atoms with Gasteiger partial charge in [0.05, 0.1) is 18.9 Å². The molecule has 3 N–H and O–H groups in total. The third-order valence-electron chi connectivity index (χ3n) is 11.6. The third kappa shape index (κ3) is 9.93. The number of nitrogen functional groups attached to an aromatic ring is 1. The van der Waals surface area contributed by atoms with E-state index in [4.69, 9.17) is 33.1 Å². The zero-order valence-corrected chi connectivity index (χ0v) is 38.3. The lowest BCUT2D eigenvalue weighted by molar-refractivity contribution is -0.146. The number of para-hydroxylation sites is 1. The molecule has 310 valence electrons. The van der Waals surface area contributed by atoms with Crippen LogP contribution in [-0.4, -0.2) is 74.8 Å². The Morgan fingerprint density at radius 2 is 1.64 bits per heavy atom. The molecular formula is C39H63N6O8PSi2. The quantitative estimate of drug-likeness (QED) is 0.0753. The Balaban J connectivity index is 1.83. The molecule has 0 radical (unpaired) electrons. The molecule has 14 nitrogen and oxygen atoms in total. The number of hydrogen-bond donors (Lipinski definition) is 2. The van der Waals surface area contributed by atoms with Crippen molar-refractivity contribution in [2.24, 2.45) is 5.92 Å². The maximum atomic E-state index is 14.8. The standard InChI is InChI=1S/C39H63N6O8PSi2/c1-14-28(15-2)23-48-36(46)27(3)44-54(47,51-29-19-17-16-18-20-29)49-24-31-33(52-55(10,11)37(4,5)6)34(53-56(12,13)38(7,8)9)39(25-40,50-31)32-22-21-30-35(41)42-26-43-45(30)32/h16-22,26-28,31,33-34H,14-15,23-24H2,1-13H3,(H,44,47)(H2,41,42,43)/t27?,31-,33-,34-,39+,54+/m1/s1. The average molecular weight is 831 g/mol. The van der Waals surface area contributed by atoms with Gasteiger partial charge in [0.1, 0.15) is 48.0 Å². The molecule has 6 atom stereocenters. The summed E-state index contributed by atoms with van der Waals surface area (Å²) in [5.41, 5.74) is 5.32. The second-order valence-corrected chi connectivity index (χ2v) is 28.9. The number of aromatic nitrogens is 3. The maximum Gasteiger partial charge on any atom is 0.459 e. The van der Waals surface area contributed by atoms with Gasteiger partial charge in [0.15, 0.2) is 22.5 Å². The average Bonchev–Trinajstić information content (AvgIpc) is 3.67. The molecule has 56 heavy (non-hydrogen) atoms. The lowest BCUT2D eigenvalue weighted by atomic mass is 9.92. The van der Waals surface area contributed by atoms with Crippen molar-refractivity contribution in [1.29, 1.82) is 5.26 Å². The van der Waals surface area contributed by atoms with E-state index in [-0.39, 0.29) is 40.8 Å². The molecule has 1 aliphatic rings. The largest absolute Gasteiger partial charge is 0.464 e. The number of nitriles is 1. The van der Waals surface area contributed by atoms with E-state index in [9.17, 15) is 14.6 Å². The molecule has 0 bridgehead atoms. The van der Waals surface area contributed by atoms with E-state index in [0.29, 0.717) is 11.2 Å². The zero-order valence-electron chi connectivity index (χ0n) is 35.4. The fourth-order valence-corrected chi connectivity index (χ4v) is 9.94. The van der Waals surface area contributed by atoms with E-state index in [1.165, 1.54) is 6.33 Å². The minimum absolute atomic E-state index is 0.203. The Bertz CT molecular complexity index is 1890. The van der Waals surface area contributed by atoms with Gasteiger partial charge >= 0.3 is 13.7 Å². The van der Waals surface area contributed by atoms with Crippen LogP contribution in [0, 0.1) is 17.2 Å². The number of carbonyl (C=O) groups excluding carboxylic acids is 1. The highest BCUT2D eigenvalue weighted by Gasteiger charge is 2.63. The van der Waals surface area contributed by atoms with Crippen molar-refractivity contribution in [3.05, 3.63) is 54.5 Å². The van der Waals surface area contributed by atoms with Gasteiger partial charge in [-0.2, -0.15) is 15.4 Å². The van der Waals surface area contributed by atoms with Gasteiger partial charge in [-0.25, -0.2) is 14.1 Å². The van der Waals surface area contributed by atoms with Gasteiger partial charge < -0.3 is 28.6 Å². The van der Waals surface area contributed by atoms with Crippen LogP contribution < -0.4 is 15.3 Å². The Hall–Kier alpha value is -3.14. The first kappa shape index (κ1) is 45.6. The second-order valence-electron chi connectivity index (χ2n) is 17.7. The number of benzene rings is 1. The molecule has 4 rings (SSSR count). The number of esters is 1. The molecule has 1 unspecified atom stereocenters. The van der Waals surface area contributed by atoms with Gasteiger partial charge in [-0.3, -0.25) is 9.32 Å². The highest BCUT2D eigenvalue weighted by molar-refractivity contribution is 7.52. The lowest BCUT2D eigenvalue weighted by Crippen LogP contribution is -2.56. The monoisotopic (exact) mass is 830 g/mol. The molecular weight excluding hydrogens is 768 g/mol. The predicted molar refractivity (Wildman–Crippen MR) is 222 cm³/mol. The number of nitrogens with zero attached hydrogens (tertiary/aromatic N) is 4. The SMILES string of the molecule is CCC(CC)COC(=O)C(C)N[P@](=O)(OC[C@H]1O[C@@](C#N)(c2ccc3c(N)ncnn23)[C@H](O[Si](C)(C)C(C)(C)C)[C@@H]1O[Si](C)(C)C(C)(C)C)Oc1ccccc1. The molecule has 1 saturated heterocycles. The molecule has 0 saturated carbocycles. The van der Waals surface area contributed by atoms with Crippen LogP contribution >= 0.6 is 7.75 Å². The van der Waals surface area contributed by atoms with Crippen molar-refractivity contribution < 1.29 is 36.7 Å². The predicted octanol–water partition coefficient (Wildman–Crippen LogP) is 8.37. The summed E-state index contributed by atoms with van der Waals surface area (Å²) in [6.07, 6.45) is 0.129. The number of anilines is 1. The molecule has 2 aromatic heterocycles. The summed E-state index contributed by atoms with van der Waals surface area (Å²) in [7, 11) is -9.66. The van der Waals surface area contributed by atoms with Crippen molar-refractivity contribution in [1.82, 2.24) is 19.7 Å². The van der Waals surface area contributed by atoms with Crippen LogP contribution in [-0.2, 0) is 37.8 Å². The first-order valence-corrected chi connectivity index (χ1v) is 26.8. The summed E-state index contributed by atoms with van der Waals surface area (Å²) >= 11 is 0. The minimum atomic E-state index is -4.35. The smallest absolute Gasteiger partial charge is 0.459 e. The highest BCUT2D eigenvalue weighted by Crippen LogP contribution is 2.52. The van der Waals surface area contributed by atoms with Crippen LogP contribution in [0.25, 0.3) is 5.52 Å². The molecule has 0 amide bonds. The van der Waals surface area contributed by atoms with Crippen molar-refractivity contribution >= 4 is 41.7 Å². The van der Waals surface area contributed by atoms with Crippen LogP contribution in [0.3, 0.4) is 0 Å². The van der Waals surface area contributed by atoms with Crippen molar-refractivity contribution in [3.8, 4) is 11.8 Å². The van der Waals surface area contributed by atoms with Gasteiger partial charge in [0.2, 0.25) is 5.60 Å². The summed E-state index contributed by atoms with van der Waals surface area (Å²) in [5.74, 6) is 0.0894. The number of ether oxygens (including phenoxy) is 2. The van der Waals surface area contributed by atoms with E-state index in [1.54, 1.807) is 53.9 Å². The van der Waals surface area contributed by atoms with Gasteiger partial charge in [-0.15, -0.1) is 0 Å². The second kappa shape index (κ2) is 17.4. The summed E-state index contributed by atoms with van der Waals surface area (Å²) in [4.78, 5) is 17.3. The molecule has 1 fully saturated rings. The molecule has 0 spiro atoms. The Kier molecular flexibility index (Phi) is 14.1. The van der Waals surface area contributed by atoms with Crippen LogP contribution in [0.2, 0.25) is 36.3 Å². The summed E-state index contributed by atoms with van der Waals surface area (Å²) < 4.78 is 55.6. The van der Waals surface area contributed by atoms with Gasteiger partial charge in [-0.1, -0.05) is 86.4 Å². The molecule has 17 heteroatoms. The van der Waals surface area contributed by atoms with Crippen molar-refractivity contribution in [3.63, 3.8) is 0 Å². The van der Waals surface area contributed by atoms with Crippen LogP contribution in [0.4, 0.5) is 5.82 Å². The first-order valence-electron chi connectivity index (χ1n) is 19.4. The van der Waals surface area contributed by atoms with Crippen molar-refractivity contribution in [2.45, 2.75) is 141 Å². The molecule has 0 aliphatic carbocycles. The summed E-state index contributed by atoms with van der Waals surface area (Å²) in [6, 6.07) is 13.4. The topological polar surface area (TPSA) is 182 Å². The fraction of sp³-hybridized carbons (Fsp3) is 0.641. The van der Waals surface area contributed by atoms with E-state index >= 15 is 0 Å². The number of nitrogens with one attached hydrogen (secondary N) is 1. The zero-order chi connectivity index (χ0) is 41.9. The van der Waals surface area contributed by atoms with E-state index in [0.717, 1.165) is 12.8 Å². The molecule has 1 aliphatic heterocycles. The summed E-state index contributed by atoms with van der Waals surface area (Å²) in [5, 5.41) is 18.1. The fourth-order valence-electron chi connectivity index (χ4n) is 5.84. The van der Waals surface area contributed by atoms with Crippen molar-refractivity contribution in [2.75, 3.05) is 18.9 Å². The normalized spacial score (nSPS) is 22.5. The van der Waals surface area contributed by atoms with Crippen LogP contribution in [0.5, 0.6) is 5.75 Å². The number of nitrogens with two attached hydrogens (primary N) is 1. The molecule has 1 aromatic carbocycles. The Labute approximate surface area is 335 Å². The molecule has 3 heterocycles. The number of rotatable bonds is 17. The van der Waals surface area contributed by atoms with Gasteiger partial charge in [0.25, 0.3) is 0 Å². The molecule has 3 aromatic rings. The Morgan fingerprint density at radius 3 is 2.21 bits per heavy atom. The van der Waals surface area contributed by atoms with Gasteiger partial charge in [0, 0.05) is 0 Å². The lowest BCUT2D eigenvalue weighted by Gasteiger charge is -2.45. The minimum Gasteiger partial charge on any atom is -0.464 e. The van der Waals surface area contributed by atoms with E-state index in [2.05, 4.69) is 89.0 Å². The number of carbonyl (C=O) groups is 1. The van der Waals surface area contributed by atoms with Crippen LogP contribution in [0.15, 0.2) is 48.8 Å². The first-order chi connectivity index (χ1) is 25.9. The Morgan fingerprint density at radius 1 is 1.04 bits per heavy atom. The number of fused-ring (bicyclic) bond motifs is 1. The van der Waals surface area contributed by atoms with Gasteiger partial charge in [-0.05, 0) is 73.4 Å². The summed E-state index contributed by atoms with van der Waals surface area (Å²) in [6.45, 7) is 26.7. The highest BCUT2D eigenvalue weighted by atomic mass is 31.2. The third-order valence-corrected chi connectivity index (χ3v) is 22.2. The van der Waals surface area contributed by atoms with E-state index in [1.807, 2.05) is 13.8 Å². The number of hydrogen-bond acceptors (Lipinski definition) is 12. The maximum absolute atomic E-state index is 14.8. The van der Waals surface area contributed by atoms with Crippen LogP contribution in [0.1, 0.15) is 80.8 Å².